The Morgan fingerprint density at radius 3 is 2.71 bits per heavy atom. The predicted molar refractivity (Wildman–Crippen MR) is 99.3 cm³/mol. The van der Waals surface area contributed by atoms with Crippen molar-refractivity contribution in [1.82, 2.24) is 15.1 Å². The van der Waals surface area contributed by atoms with Crippen molar-refractivity contribution >= 4 is 23.7 Å². The summed E-state index contributed by atoms with van der Waals surface area (Å²) in [5, 5.41) is 2.89. The van der Waals surface area contributed by atoms with Gasteiger partial charge in [0.15, 0.2) is 0 Å². The minimum absolute atomic E-state index is 0.0127. The van der Waals surface area contributed by atoms with E-state index in [0.29, 0.717) is 26.2 Å². The molecule has 0 aromatic heterocycles. The molecule has 0 aliphatic carbocycles. The van der Waals surface area contributed by atoms with E-state index in [4.69, 9.17) is 0 Å². The molecule has 6 heteroatoms. The lowest BCUT2D eigenvalue weighted by Crippen LogP contribution is -2.54. The molecule has 1 aromatic rings. The first-order chi connectivity index (χ1) is 11.5. The summed E-state index contributed by atoms with van der Waals surface area (Å²) in [6.07, 6.45) is 3.00. The highest BCUT2D eigenvalue weighted by atomic mass is 32.2. The Bertz CT molecular complexity index is 592. The van der Waals surface area contributed by atoms with Gasteiger partial charge in [-0.3, -0.25) is 4.79 Å². The third-order valence-electron chi connectivity index (χ3n) is 4.35. The zero-order valence-corrected chi connectivity index (χ0v) is 15.6. The molecule has 3 amide bonds. The zero-order valence-electron chi connectivity index (χ0n) is 14.8. The average molecular weight is 350 g/mol. The van der Waals surface area contributed by atoms with Crippen molar-refractivity contribution in [2.75, 3.05) is 38.2 Å². The van der Waals surface area contributed by atoms with Crippen LogP contribution in [0.3, 0.4) is 0 Å². The Morgan fingerprint density at radius 2 is 2.04 bits per heavy atom. The summed E-state index contributed by atoms with van der Waals surface area (Å²) in [7, 11) is 0. The Balaban J connectivity index is 1.83. The molecule has 1 aliphatic rings. The second kappa shape index (κ2) is 8.97. The van der Waals surface area contributed by atoms with Crippen molar-refractivity contribution < 1.29 is 9.59 Å². The fourth-order valence-electron chi connectivity index (χ4n) is 2.69. The molecule has 0 atom stereocenters. The van der Waals surface area contributed by atoms with E-state index in [0.717, 1.165) is 17.7 Å². The van der Waals surface area contributed by atoms with Gasteiger partial charge in [-0.1, -0.05) is 18.2 Å². The quantitative estimate of drug-likeness (QED) is 0.803. The summed E-state index contributed by atoms with van der Waals surface area (Å²) < 4.78 is 0. The second-order valence-electron chi connectivity index (χ2n) is 6.23. The third kappa shape index (κ3) is 5.16. The molecular formula is C18H27N3O2S. The Labute approximate surface area is 148 Å². The number of urea groups is 1. The highest BCUT2D eigenvalue weighted by Crippen LogP contribution is 2.14. The summed E-state index contributed by atoms with van der Waals surface area (Å²) >= 11 is 1.77. The molecule has 0 bridgehead atoms. The molecule has 2 rings (SSSR count). The van der Waals surface area contributed by atoms with Gasteiger partial charge in [0.25, 0.3) is 0 Å². The van der Waals surface area contributed by atoms with Crippen molar-refractivity contribution in [1.29, 1.82) is 0 Å². The fourth-order valence-corrected chi connectivity index (χ4v) is 3.13. The van der Waals surface area contributed by atoms with Gasteiger partial charge in [0.2, 0.25) is 5.91 Å². The number of benzene rings is 1. The van der Waals surface area contributed by atoms with Crippen LogP contribution >= 0.6 is 11.8 Å². The van der Waals surface area contributed by atoms with E-state index < -0.39 is 0 Å². The first kappa shape index (κ1) is 18.6. The minimum atomic E-state index is -0.129. The molecule has 132 valence electrons. The number of thioether (sulfide) groups is 1. The molecule has 0 spiro atoms. The lowest BCUT2D eigenvalue weighted by molar-refractivity contribution is -0.135. The number of nitrogens with zero attached hydrogens (tertiary/aromatic N) is 2. The summed E-state index contributed by atoms with van der Waals surface area (Å²) in [5.41, 5.74) is 3.64. The van der Waals surface area contributed by atoms with Gasteiger partial charge >= 0.3 is 6.03 Å². The largest absolute Gasteiger partial charge is 0.338 e. The maximum absolute atomic E-state index is 12.3. The van der Waals surface area contributed by atoms with Crippen LogP contribution in [0.25, 0.3) is 0 Å². The first-order valence-corrected chi connectivity index (χ1v) is 9.76. The molecule has 1 saturated heterocycles. The van der Waals surface area contributed by atoms with E-state index in [9.17, 15) is 9.59 Å². The molecule has 0 saturated carbocycles. The summed E-state index contributed by atoms with van der Waals surface area (Å²) in [4.78, 5) is 27.9. The summed E-state index contributed by atoms with van der Waals surface area (Å²) in [6, 6.07) is 6.16. The van der Waals surface area contributed by atoms with E-state index in [1.54, 1.807) is 16.7 Å². The SMILES string of the molecule is CSCCCNC(=O)N1CCN(Cc2ccc(C)c(C)c2)C(=O)C1. The van der Waals surface area contributed by atoms with Crippen LogP contribution in [-0.2, 0) is 11.3 Å². The monoisotopic (exact) mass is 349 g/mol. The average Bonchev–Trinajstić information content (AvgIpc) is 2.56. The van der Waals surface area contributed by atoms with Crippen LogP contribution in [0.15, 0.2) is 18.2 Å². The molecule has 1 aromatic carbocycles. The second-order valence-corrected chi connectivity index (χ2v) is 7.22. The molecule has 1 N–H and O–H groups in total. The van der Waals surface area contributed by atoms with E-state index in [1.165, 1.54) is 11.1 Å². The van der Waals surface area contributed by atoms with Gasteiger partial charge in [-0.2, -0.15) is 11.8 Å². The van der Waals surface area contributed by atoms with Crippen molar-refractivity contribution in [3.8, 4) is 0 Å². The molecule has 1 heterocycles. The number of carbonyl (C=O) groups is 2. The number of aryl methyl sites for hydroxylation is 2. The van der Waals surface area contributed by atoms with Gasteiger partial charge in [-0.05, 0) is 49.0 Å². The molecule has 1 aliphatic heterocycles. The number of piperazine rings is 1. The van der Waals surface area contributed by atoms with Gasteiger partial charge in [0.05, 0.1) is 0 Å². The van der Waals surface area contributed by atoms with Crippen LogP contribution in [-0.4, -0.2) is 59.9 Å². The van der Waals surface area contributed by atoms with Crippen molar-refractivity contribution in [2.24, 2.45) is 0 Å². The predicted octanol–water partition coefficient (Wildman–Crippen LogP) is 2.41. The number of carbonyl (C=O) groups excluding carboxylic acids is 2. The summed E-state index contributed by atoms with van der Waals surface area (Å²) in [6.45, 7) is 6.79. The number of hydrogen-bond acceptors (Lipinski definition) is 3. The van der Waals surface area contributed by atoms with Crippen LogP contribution in [0, 0.1) is 13.8 Å². The van der Waals surface area contributed by atoms with E-state index in [2.05, 4.69) is 43.6 Å². The molecule has 24 heavy (non-hydrogen) atoms. The maximum Gasteiger partial charge on any atom is 0.317 e. The Kier molecular flexibility index (Phi) is 6.97. The zero-order chi connectivity index (χ0) is 17.5. The number of rotatable bonds is 6. The van der Waals surface area contributed by atoms with Crippen LogP contribution in [0.5, 0.6) is 0 Å². The molecule has 0 radical (unpaired) electrons. The van der Waals surface area contributed by atoms with Crippen molar-refractivity contribution in [2.45, 2.75) is 26.8 Å². The van der Waals surface area contributed by atoms with Crippen LogP contribution in [0.4, 0.5) is 4.79 Å². The van der Waals surface area contributed by atoms with E-state index >= 15 is 0 Å². The fraction of sp³-hybridized carbons (Fsp3) is 0.556. The van der Waals surface area contributed by atoms with Crippen LogP contribution in [0.1, 0.15) is 23.1 Å². The maximum atomic E-state index is 12.3. The first-order valence-electron chi connectivity index (χ1n) is 8.37. The topological polar surface area (TPSA) is 52.7 Å². The highest BCUT2D eigenvalue weighted by Gasteiger charge is 2.26. The highest BCUT2D eigenvalue weighted by molar-refractivity contribution is 7.98. The Morgan fingerprint density at radius 1 is 1.25 bits per heavy atom. The lowest BCUT2D eigenvalue weighted by Gasteiger charge is -2.34. The van der Waals surface area contributed by atoms with Gasteiger partial charge < -0.3 is 15.1 Å². The molecule has 5 nitrogen and oxygen atoms in total. The van der Waals surface area contributed by atoms with E-state index in [-0.39, 0.29) is 18.5 Å². The summed E-state index contributed by atoms with van der Waals surface area (Å²) in [5.74, 6) is 1.04. The molecule has 1 fully saturated rings. The van der Waals surface area contributed by atoms with Gasteiger partial charge in [0.1, 0.15) is 6.54 Å². The van der Waals surface area contributed by atoms with E-state index in [1.807, 2.05) is 4.90 Å². The van der Waals surface area contributed by atoms with Gasteiger partial charge in [-0.25, -0.2) is 4.79 Å². The van der Waals surface area contributed by atoms with Crippen LogP contribution < -0.4 is 5.32 Å². The van der Waals surface area contributed by atoms with Crippen molar-refractivity contribution in [3.05, 3.63) is 34.9 Å². The van der Waals surface area contributed by atoms with Gasteiger partial charge in [0, 0.05) is 26.2 Å². The van der Waals surface area contributed by atoms with Gasteiger partial charge in [-0.15, -0.1) is 0 Å². The third-order valence-corrected chi connectivity index (χ3v) is 5.05. The normalized spacial score (nSPS) is 14.9. The molecular weight excluding hydrogens is 322 g/mol. The molecule has 0 unspecified atom stereocenters. The number of amides is 3. The minimum Gasteiger partial charge on any atom is -0.338 e. The van der Waals surface area contributed by atoms with Crippen LogP contribution in [0.2, 0.25) is 0 Å². The van der Waals surface area contributed by atoms with Crippen molar-refractivity contribution in [3.63, 3.8) is 0 Å². The lowest BCUT2D eigenvalue weighted by atomic mass is 10.1. The Hall–Kier alpha value is -1.69. The smallest absolute Gasteiger partial charge is 0.317 e. The number of hydrogen-bond donors (Lipinski definition) is 1. The standard InChI is InChI=1S/C18H27N3O2S/c1-14-5-6-16(11-15(14)2)12-20-8-9-21(13-17(20)22)18(23)19-7-4-10-24-3/h5-6,11H,4,7-10,12-13H2,1-3H3,(H,19,23). The number of nitrogens with one attached hydrogen (secondary N) is 1.